The van der Waals surface area contributed by atoms with Gasteiger partial charge in [0.05, 0.1) is 17.0 Å². The molecular weight excluding hydrogens is 531 g/mol. The van der Waals surface area contributed by atoms with Gasteiger partial charge in [-0.3, -0.25) is 5.10 Å². The second-order valence-corrected chi connectivity index (χ2v) is 8.98. The van der Waals surface area contributed by atoms with Gasteiger partial charge in [-0.1, -0.05) is 29.3 Å². The van der Waals surface area contributed by atoms with Crippen LogP contribution < -0.4 is 19.9 Å². The summed E-state index contributed by atoms with van der Waals surface area (Å²) in [6, 6.07) is 11.1. The van der Waals surface area contributed by atoms with Crippen LogP contribution in [-0.4, -0.2) is 16.8 Å². The SMILES string of the molecule is CCOc1cc([C@H]2C(C#N)=C(N)Oc3n[nH]c(C)c32)cc(Br)c1OCc1ccc(Cl)cc1Cl. The summed E-state index contributed by atoms with van der Waals surface area (Å²) < 4.78 is 18.2. The summed E-state index contributed by atoms with van der Waals surface area (Å²) in [6.45, 7) is 4.38. The van der Waals surface area contributed by atoms with Crippen LogP contribution in [0, 0.1) is 18.3 Å². The molecule has 0 bridgehead atoms. The fourth-order valence-electron chi connectivity index (χ4n) is 3.68. The molecule has 0 unspecified atom stereocenters. The van der Waals surface area contributed by atoms with Crippen molar-refractivity contribution in [2.24, 2.45) is 5.73 Å². The van der Waals surface area contributed by atoms with Gasteiger partial charge in [-0.2, -0.15) is 5.26 Å². The van der Waals surface area contributed by atoms with E-state index in [9.17, 15) is 5.26 Å². The van der Waals surface area contributed by atoms with Crippen LogP contribution in [0.5, 0.6) is 17.4 Å². The van der Waals surface area contributed by atoms with Crippen molar-refractivity contribution in [1.82, 2.24) is 10.2 Å². The van der Waals surface area contributed by atoms with Gasteiger partial charge in [0, 0.05) is 26.9 Å². The summed E-state index contributed by atoms with van der Waals surface area (Å²) in [5, 5.41) is 17.9. The zero-order chi connectivity index (χ0) is 23.7. The van der Waals surface area contributed by atoms with E-state index in [4.69, 9.17) is 43.1 Å². The van der Waals surface area contributed by atoms with Gasteiger partial charge in [0.2, 0.25) is 11.8 Å². The monoisotopic (exact) mass is 548 g/mol. The number of nitrogens with one attached hydrogen (secondary N) is 1. The van der Waals surface area contributed by atoms with Gasteiger partial charge >= 0.3 is 0 Å². The summed E-state index contributed by atoms with van der Waals surface area (Å²) >= 11 is 15.9. The van der Waals surface area contributed by atoms with Gasteiger partial charge in [0.1, 0.15) is 18.2 Å². The number of nitrogens with zero attached hydrogens (tertiary/aromatic N) is 2. The Morgan fingerprint density at radius 2 is 2.06 bits per heavy atom. The lowest BCUT2D eigenvalue weighted by Gasteiger charge is -2.25. The number of fused-ring (bicyclic) bond motifs is 1. The number of halogens is 3. The average molecular weight is 550 g/mol. The number of ether oxygens (including phenoxy) is 3. The molecule has 0 radical (unpaired) electrons. The molecule has 3 N–H and O–H groups in total. The number of nitrogens with two attached hydrogens (primary N) is 1. The number of nitriles is 1. The number of aromatic nitrogens is 2. The van der Waals surface area contributed by atoms with Crippen LogP contribution in [-0.2, 0) is 6.61 Å². The lowest BCUT2D eigenvalue weighted by Crippen LogP contribution is -2.21. The molecule has 2 aromatic carbocycles. The maximum atomic E-state index is 9.81. The molecule has 1 aliphatic heterocycles. The van der Waals surface area contributed by atoms with Crippen LogP contribution in [0.3, 0.4) is 0 Å². The molecule has 0 amide bonds. The van der Waals surface area contributed by atoms with Crippen LogP contribution in [0.2, 0.25) is 10.0 Å². The molecule has 0 aliphatic carbocycles. The van der Waals surface area contributed by atoms with Gasteiger partial charge in [-0.05, 0) is 59.6 Å². The van der Waals surface area contributed by atoms with Crippen molar-refractivity contribution in [2.75, 3.05) is 6.61 Å². The topological polar surface area (TPSA) is 106 Å². The third kappa shape index (κ3) is 4.49. The first-order chi connectivity index (χ1) is 15.8. The molecule has 0 spiro atoms. The second-order valence-electron chi connectivity index (χ2n) is 7.28. The normalized spacial score (nSPS) is 15.0. The Balaban J connectivity index is 1.76. The third-order valence-electron chi connectivity index (χ3n) is 5.18. The number of hydrogen-bond acceptors (Lipinski definition) is 6. The number of allylic oxidation sites excluding steroid dienone is 1. The smallest absolute Gasteiger partial charge is 0.244 e. The van der Waals surface area contributed by atoms with Crippen molar-refractivity contribution in [1.29, 1.82) is 5.26 Å². The van der Waals surface area contributed by atoms with Gasteiger partial charge in [-0.15, -0.1) is 5.10 Å². The van der Waals surface area contributed by atoms with Crippen LogP contribution in [0.1, 0.15) is 35.2 Å². The van der Waals surface area contributed by atoms with E-state index >= 15 is 0 Å². The van der Waals surface area contributed by atoms with Crippen molar-refractivity contribution in [3.8, 4) is 23.4 Å². The lowest BCUT2D eigenvalue weighted by atomic mass is 9.84. The summed E-state index contributed by atoms with van der Waals surface area (Å²) in [4.78, 5) is 0. The zero-order valence-electron chi connectivity index (χ0n) is 17.7. The number of rotatable bonds is 6. The van der Waals surface area contributed by atoms with E-state index in [1.807, 2.05) is 32.0 Å². The molecule has 0 saturated heterocycles. The van der Waals surface area contributed by atoms with E-state index in [0.717, 1.165) is 22.4 Å². The van der Waals surface area contributed by atoms with Crippen molar-refractivity contribution >= 4 is 39.1 Å². The minimum Gasteiger partial charge on any atom is -0.490 e. The Morgan fingerprint density at radius 3 is 2.76 bits per heavy atom. The summed E-state index contributed by atoms with van der Waals surface area (Å²) in [6.07, 6.45) is 0. The molecule has 170 valence electrons. The largest absolute Gasteiger partial charge is 0.490 e. The molecule has 10 heteroatoms. The van der Waals surface area contributed by atoms with Crippen LogP contribution in [0.25, 0.3) is 0 Å². The highest BCUT2D eigenvalue weighted by molar-refractivity contribution is 9.10. The highest BCUT2D eigenvalue weighted by Crippen LogP contribution is 2.47. The number of H-pyrrole nitrogens is 1. The van der Waals surface area contributed by atoms with Crippen molar-refractivity contribution in [3.63, 3.8) is 0 Å². The maximum absolute atomic E-state index is 9.81. The van der Waals surface area contributed by atoms with Crippen molar-refractivity contribution < 1.29 is 14.2 Å². The molecular formula is C23H19BrCl2N4O3. The first-order valence-corrected chi connectivity index (χ1v) is 11.5. The standard InChI is InChI=1S/C23H19BrCl2N4O3/c1-3-31-18-7-13(20-15(9-27)22(28)33-23-19(20)11(2)29-30-23)6-16(24)21(18)32-10-12-4-5-14(25)8-17(12)26/h4-8,20H,3,10,28H2,1-2H3,(H,29,30)/t20-/m0/s1. The lowest BCUT2D eigenvalue weighted by molar-refractivity contribution is 0.267. The first kappa shape index (κ1) is 23.3. The summed E-state index contributed by atoms with van der Waals surface area (Å²) in [7, 11) is 0. The summed E-state index contributed by atoms with van der Waals surface area (Å²) in [5.41, 5.74) is 9.41. The average Bonchev–Trinajstić information content (AvgIpc) is 3.13. The number of hydrogen-bond donors (Lipinski definition) is 2. The van der Waals surface area contributed by atoms with E-state index < -0.39 is 5.92 Å². The maximum Gasteiger partial charge on any atom is 0.244 e. The quantitative estimate of drug-likeness (QED) is 0.391. The second kappa shape index (κ2) is 9.56. The molecule has 0 fully saturated rings. The highest BCUT2D eigenvalue weighted by Gasteiger charge is 2.35. The molecule has 2 heterocycles. The van der Waals surface area contributed by atoms with Crippen molar-refractivity contribution in [3.05, 3.63) is 78.7 Å². The van der Waals surface area contributed by atoms with E-state index in [-0.39, 0.29) is 12.5 Å². The Kier molecular flexibility index (Phi) is 6.75. The Bertz CT molecular complexity index is 1300. The Hall–Kier alpha value is -2.86. The van der Waals surface area contributed by atoms with Gasteiger partial charge in [0.15, 0.2) is 11.5 Å². The molecule has 4 rings (SSSR count). The number of aryl methyl sites for hydroxylation is 1. The molecule has 7 nitrogen and oxygen atoms in total. The Labute approximate surface area is 209 Å². The first-order valence-electron chi connectivity index (χ1n) is 9.99. The molecule has 1 atom stereocenters. The molecule has 33 heavy (non-hydrogen) atoms. The number of benzene rings is 2. The van der Waals surface area contributed by atoms with Gasteiger partial charge < -0.3 is 19.9 Å². The fraction of sp³-hybridized carbons (Fsp3) is 0.217. The van der Waals surface area contributed by atoms with E-state index in [1.165, 1.54) is 0 Å². The minimum absolute atomic E-state index is 0.0216. The molecule has 1 aromatic heterocycles. The van der Waals surface area contributed by atoms with E-state index in [0.29, 0.717) is 44.1 Å². The predicted octanol–water partition coefficient (Wildman–Crippen LogP) is 5.98. The predicted molar refractivity (Wildman–Crippen MR) is 129 cm³/mol. The third-order valence-corrected chi connectivity index (χ3v) is 6.36. The van der Waals surface area contributed by atoms with Crippen molar-refractivity contribution in [2.45, 2.75) is 26.4 Å². The number of aromatic amines is 1. The molecule has 1 aliphatic rings. The van der Waals surface area contributed by atoms with Gasteiger partial charge in [-0.25, -0.2) is 0 Å². The van der Waals surface area contributed by atoms with Crippen LogP contribution >= 0.6 is 39.1 Å². The Morgan fingerprint density at radius 1 is 1.27 bits per heavy atom. The summed E-state index contributed by atoms with van der Waals surface area (Å²) in [5.74, 6) is 0.914. The van der Waals surface area contributed by atoms with E-state index in [2.05, 4.69) is 32.2 Å². The highest BCUT2D eigenvalue weighted by atomic mass is 79.9. The van der Waals surface area contributed by atoms with Gasteiger partial charge in [0.25, 0.3) is 0 Å². The zero-order valence-corrected chi connectivity index (χ0v) is 20.8. The van der Waals surface area contributed by atoms with E-state index in [1.54, 1.807) is 12.1 Å². The van der Waals surface area contributed by atoms with Crippen LogP contribution in [0.4, 0.5) is 0 Å². The minimum atomic E-state index is -0.479. The molecule has 3 aromatic rings. The molecule has 0 saturated carbocycles. The fourth-order valence-corrected chi connectivity index (χ4v) is 4.72. The van der Waals surface area contributed by atoms with Crippen LogP contribution in [0.15, 0.2) is 46.3 Å².